The van der Waals surface area contributed by atoms with Gasteiger partial charge in [-0.15, -0.1) is 0 Å². The first kappa shape index (κ1) is 34.7. The molecular formula is C57H44Si2. The van der Waals surface area contributed by atoms with Gasteiger partial charge in [0.05, 0.1) is 5.41 Å². The van der Waals surface area contributed by atoms with Crippen molar-refractivity contribution in [3.63, 3.8) is 0 Å². The third kappa shape index (κ3) is 4.76. The molecule has 0 radical (unpaired) electrons. The number of fused-ring (bicyclic) bond motifs is 16. The summed E-state index contributed by atoms with van der Waals surface area (Å²) >= 11 is 0. The molecular weight excluding hydrogens is 741 g/mol. The lowest BCUT2D eigenvalue weighted by Crippen LogP contribution is -2.49. The third-order valence-electron chi connectivity index (χ3n) is 14.3. The van der Waals surface area contributed by atoms with Gasteiger partial charge in [0, 0.05) is 0 Å². The van der Waals surface area contributed by atoms with E-state index in [9.17, 15) is 0 Å². The van der Waals surface area contributed by atoms with Crippen LogP contribution in [0.15, 0.2) is 170 Å². The van der Waals surface area contributed by atoms with Gasteiger partial charge in [-0.2, -0.15) is 0 Å². The summed E-state index contributed by atoms with van der Waals surface area (Å²) in [4.78, 5) is 0. The second-order valence-corrected chi connectivity index (χ2v) is 26.7. The fraction of sp³-hybridized carbons (Fsp3) is 0.0877. The maximum absolute atomic E-state index is 2.49. The van der Waals surface area contributed by atoms with Gasteiger partial charge in [0.15, 0.2) is 0 Å². The second-order valence-electron chi connectivity index (χ2n) is 18.1. The maximum atomic E-state index is 2.49. The standard InChI is InChI=1S/C57H44Si2/c1-58(2)53-19-11-7-15-45(53)47-33-37(27-31-55(47)58)21-23-39-25-29-43-44-30-26-40(24-22-38-28-32-56-48(34-38)46-16-8-12-20-54(46)59(56,3)4)36-52(44)57(51(43)35-39)49-17-9-5-13-41(49)42-14-6-10-18-50(42)57/h5-36H,1-4H3. The molecule has 8 aromatic carbocycles. The van der Waals surface area contributed by atoms with Crippen LogP contribution in [0, 0.1) is 0 Å². The summed E-state index contributed by atoms with van der Waals surface area (Å²) in [6, 6.07) is 65.0. The van der Waals surface area contributed by atoms with Crippen molar-refractivity contribution in [1.82, 2.24) is 0 Å². The monoisotopic (exact) mass is 784 g/mol. The molecule has 0 nitrogen and oxygen atoms in total. The lowest BCUT2D eigenvalue weighted by molar-refractivity contribution is 0.793. The van der Waals surface area contributed by atoms with Crippen molar-refractivity contribution in [2.75, 3.05) is 0 Å². The minimum absolute atomic E-state index is 0.410. The van der Waals surface area contributed by atoms with E-state index in [4.69, 9.17) is 0 Å². The highest BCUT2D eigenvalue weighted by Gasteiger charge is 2.51. The molecule has 2 heteroatoms. The summed E-state index contributed by atoms with van der Waals surface area (Å²) in [6.45, 7) is 9.94. The Kier molecular flexibility index (Phi) is 7.26. The van der Waals surface area contributed by atoms with Crippen molar-refractivity contribution < 1.29 is 0 Å². The van der Waals surface area contributed by atoms with Crippen molar-refractivity contribution >= 4 is 61.2 Å². The lowest BCUT2D eigenvalue weighted by Gasteiger charge is -2.30. The molecule has 12 rings (SSSR count). The van der Waals surface area contributed by atoms with Crippen LogP contribution in [0.25, 0.3) is 68.8 Å². The second kappa shape index (κ2) is 12.3. The molecule has 8 aromatic rings. The van der Waals surface area contributed by atoms with Crippen LogP contribution in [-0.2, 0) is 5.41 Å². The minimum Gasteiger partial charge on any atom is -0.0623 e. The number of hydrogen-bond donors (Lipinski definition) is 0. The van der Waals surface area contributed by atoms with Crippen LogP contribution in [-0.4, -0.2) is 16.1 Å². The molecule has 0 saturated carbocycles. The smallest absolute Gasteiger partial charge is 0.0623 e. The largest absolute Gasteiger partial charge is 0.113 e. The van der Waals surface area contributed by atoms with Gasteiger partial charge in [-0.05, 0) is 134 Å². The van der Waals surface area contributed by atoms with Crippen LogP contribution in [0.3, 0.4) is 0 Å². The number of hydrogen-bond acceptors (Lipinski definition) is 0. The van der Waals surface area contributed by atoms with E-state index in [-0.39, 0.29) is 0 Å². The Hall–Kier alpha value is -6.33. The summed E-state index contributed by atoms with van der Waals surface area (Å²) in [5, 5.41) is 6.19. The molecule has 0 aromatic heterocycles. The third-order valence-corrected chi connectivity index (χ3v) is 21.4. The van der Waals surface area contributed by atoms with Gasteiger partial charge in [-0.3, -0.25) is 0 Å². The van der Waals surface area contributed by atoms with E-state index in [0.717, 1.165) is 0 Å². The van der Waals surface area contributed by atoms with Crippen molar-refractivity contribution in [1.29, 1.82) is 0 Å². The number of benzene rings is 8. The van der Waals surface area contributed by atoms with Crippen LogP contribution in [0.1, 0.15) is 44.5 Å². The molecule has 280 valence electrons. The zero-order valence-corrected chi connectivity index (χ0v) is 36.0. The first-order valence-electron chi connectivity index (χ1n) is 21.1. The molecule has 2 heterocycles. The van der Waals surface area contributed by atoms with Gasteiger partial charge in [-0.1, -0.05) is 196 Å². The molecule has 0 fully saturated rings. The van der Waals surface area contributed by atoms with Crippen LogP contribution < -0.4 is 20.7 Å². The first-order chi connectivity index (χ1) is 28.7. The molecule has 2 aliphatic heterocycles. The van der Waals surface area contributed by atoms with Gasteiger partial charge in [0.1, 0.15) is 16.1 Å². The fourth-order valence-corrected chi connectivity index (χ4v) is 17.6. The molecule has 0 N–H and O–H groups in total. The normalized spacial score (nSPS) is 16.1. The Morgan fingerprint density at radius 1 is 0.288 bits per heavy atom. The van der Waals surface area contributed by atoms with E-state index >= 15 is 0 Å². The zero-order valence-electron chi connectivity index (χ0n) is 34.0. The van der Waals surface area contributed by atoms with E-state index < -0.39 is 21.6 Å². The molecule has 1 spiro atoms. The topological polar surface area (TPSA) is 0 Å². The summed E-state index contributed by atoms with van der Waals surface area (Å²) < 4.78 is 0. The maximum Gasteiger partial charge on any atom is 0.113 e. The molecule has 2 aliphatic carbocycles. The molecule has 0 unspecified atom stereocenters. The van der Waals surface area contributed by atoms with Crippen LogP contribution in [0.5, 0.6) is 0 Å². The fourth-order valence-electron chi connectivity index (χ4n) is 11.4. The Morgan fingerprint density at radius 3 is 1.05 bits per heavy atom. The molecule has 0 saturated heterocycles. The Bertz CT molecular complexity index is 2960. The molecule has 0 atom stereocenters. The lowest BCUT2D eigenvalue weighted by atomic mass is 9.70. The minimum atomic E-state index is -1.69. The molecule has 0 amide bonds. The average Bonchev–Trinajstić information content (AvgIpc) is 3.89. The van der Waals surface area contributed by atoms with Gasteiger partial charge in [-0.25, -0.2) is 0 Å². The van der Waals surface area contributed by atoms with E-state index in [1.54, 1.807) is 20.7 Å². The summed E-state index contributed by atoms with van der Waals surface area (Å²) in [5.41, 5.74) is 21.0. The van der Waals surface area contributed by atoms with Crippen molar-refractivity contribution in [3.8, 4) is 44.5 Å². The van der Waals surface area contributed by atoms with Crippen molar-refractivity contribution in [3.05, 3.63) is 214 Å². The first-order valence-corrected chi connectivity index (χ1v) is 27.1. The molecule has 4 aliphatic rings. The van der Waals surface area contributed by atoms with Crippen molar-refractivity contribution in [2.45, 2.75) is 31.6 Å². The Labute approximate surface area is 349 Å². The Balaban J connectivity index is 0.966. The molecule has 0 bridgehead atoms. The highest BCUT2D eigenvalue weighted by Crippen LogP contribution is 2.63. The van der Waals surface area contributed by atoms with Gasteiger partial charge < -0.3 is 0 Å². The predicted molar refractivity (Wildman–Crippen MR) is 258 cm³/mol. The highest BCUT2D eigenvalue weighted by atomic mass is 28.3. The van der Waals surface area contributed by atoms with Gasteiger partial charge in [0.25, 0.3) is 0 Å². The van der Waals surface area contributed by atoms with Gasteiger partial charge >= 0.3 is 0 Å². The molecule has 59 heavy (non-hydrogen) atoms. The average molecular weight is 785 g/mol. The SMILES string of the molecule is C[Si]1(C)c2ccccc2-c2cc(C=Cc3ccc4c(c3)C3(c5ccccc5-c5ccccc53)c3cc(C=Cc5ccc6c(c5)-c5ccccc5[Si]6(C)C)ccc3-4)ccc21. The summed E-state index contributed by atoms with van der Waals surface area (Å²) in [5.74, 6) is 0. The predicted octanol–water partition coefficient (Wildman–Crippen LogP) is 12.0. The van der Waals surface area contributed by atoms with E-state index in [1.165, 1.54) is 89.0 Å². The Morgan fingerprint density at radius 2 is 0.610 bits per heavy atom. The van der Waals surface area contributed by atoms with E-state index in [0.29, 0.717) is 0 Å². The highest BCUT2D eigenvalue weighted by molar-refractivity contribution is 7.04. The van der Waals surface area contributed by atoms with Crippen molar-refractivity contribution in [2.24, 2.45) is 0 Å². The zero-order chi connectivity index (χ0) is 39.7. The van der Waals surface area contributed by atoms with E-state index in [2.05, 4.69) is 220 Å². The van der Waals surface area contributed by atoms with Crippen LogP contribution in [0.2, 0.25) is 26.2 Å². The van der Waals surface area contributed by atoms with E-state index in [1.807, 2.05) is 0 Å². The summed E-state index contributed by atoms with van der Waals surface area (Å²) in [7, 11) is -3.37. The van der Waals surface area contributed by atoms with Crippen LogP contribution >= 0.6 is 0 Å². The van der Waals surface area contributed by atoms with Gasteiger partial charge in [0.2, 0.25) is 0 Å². The quantitative estimate of drug-likeness (QED) is 0.123. The summed E-state index contributed by atoms with van der Waals surface area (Å²) in [6.07, 6.45) is 9.27. The number of rotatable bonds is 4. The van der Waals surface area contributed by atoms with Crippen LogP contribution in [0.4, 0.5) is 0 Å².